The number of rotatable bonds is 5. The van der Waals surface area contributed by atoms with Crippen molar-refractivity contribution < 1.29 is 5.11 Å². The second-order valence-electron chi connectivity index (χ2n) is 7.15. The van der Waals surface area contributed by atoms with Crippen LogP contribution in [0, 0.1) is 13.8 Å². The summed E-state index contributed by atoms with van der Waals surface area (Å²) in [6.07, 6.45) is 2.42. The molecule has 0 aromatic carbocycles. The number of hydrogen-bond acceptors (Lipinski definition) is 7. The smallest absolute Gasteiger partial charge is 0.150 e. The maximum Gasteiger partial charge on any atom is 0.150 e. The molecular weight excluding hydrogens is 358 g/mol. The van der Waals surface area contributed by atoms with Crippen molar-refractivity contribution >= 4 is 27.4 Å². The summed E-state index contributed by atoms with van der Waals surface area (Å²) < 4.78 is 1.16. The number of hydrogen-bond donors (Lipinski definition) is 1. The average molecular weight is 384 g/mol. The molecule has 4 heterocycles. The number of aliphatic hydroxyl groups is 1. The molecule has 6 nitrogen and oxygen atoms in total. The summed E-state index contributed by atoms with van der Waals surface area (Å²) in [5, 5.41) is 11.7. The van der Waals surface area contributed by atoms with E-state index in [1.807, 2.05) is 13.0 Å². The van der Waals surface area contributed by atoms with E-state index in [2.05, 4.69) is 49.2 Å². The molecule has 1 saturated heterocycles. The SMILES string of the molecule is Cc1cccc(CN2CCN(c3ncnc4c(C)csc34)CC2CCO)n1. The van der Waals surface area contributed by atoms with E-state index in [9.17, 15) is 5.11 Å². The zero-order chi connectivity index (χ0) is 18.8. The molecule has 0 spiro atoms. The topological polar surface area (TPSA) is 65.4 Å². The van der Waals surface area contributed by atoms with Crippen LogP contribution in [0.25, 0.3) is 10.2 Å². The Morgan fingerprint density at radius 1 is 1.22 bits per heavy atom. The van der Waals surface area contributed by atoms with Gasteiger partial charge in [-0.3, -0.25) is 9.88 Å². The third kappa shape index (κ3) is 3.81. The second kappa shape index (κ2) is 7.88. The molecule has 142 valence electrons. The Kier molecular flexibility index (Phi) is 5.33. The Morgan fingerprint density at radius 3 is 2.93 bits per heavy atom. The third-order valence-electron chi connectivity index (χ3n) is 5.19. The van der Waals surface area contributed by atoms with Gasteiger partial charge in [-0.2, -0.15) is 0 Å². The molecule has 27 heavy (non-hydrogen) atoms. The van der Waals surface area contributed by atoms with Crippen LogP contribution in [0.15, 0.2) is 29.9 Å². The first kappa shape index (κ1) is 18.3. The number of aliphatic hydroxyl groups excluding tert-OH is 1. The Labute approximate surface area is 163 Å². The van der Waals surface area contributed by atoms with Crippen LogP contribution in [0.2, 0.25) is 0 Å². The van der Waals surface area contributed by atoms with Crippen LogP contribution < -0.4 is 4.90 Å². The fourth-order valence-corrected chi connectivity index (χ4v) is 4.81. The van der Waals surface area contributed by atoms with Crippen LogP contribution in [0.3, 0.4) is 0 Å². The number of nitrogens with zero attached hydrogens (tertiary/aromatic N) is 5. The Bertz CT molecular complexity index is 928. The number of aryl methyl sites for hydroxylation is 2. The summed E-state index contributed by atoms with van der Waals surface area (Å²) >= 11 is 1.71. The lowest BCUT2D eigenvalue weighted by molar-refractivity contribution is 0.134. The van der Waals surface area contributed by atoms with Gasteiger partial charge in [-0.05, 0) is 43.3 Å². The number of piperazine rings is 1. The van der Waals surface area contributed by atoms with Crippen molar-refractivity contribution in [3.05, 3.63) is 46.9 Å². The molecule has 0 amide bonds. The lowest BCUT2D eigenvalue weighted by Crippen LogP contribution is -2.53. The van der Waals surface area contributed by atoms with Gasteiger partial charge in [-0.25, -0.2) is 9.97 Å². The Hall–Kier alpha value is -2.09. The van der Waals surface area contributed by atoms with E-state index in [-0.39, 0.29) is 12.6 Å². The molecule has 1 aliphatic heterocycles. The number of thiophene rings is 1. The van der Waals surface area contributed by atoms with E-state index in [4.69, 9.17) is 0 Å². The van der Waals surface area contributed by atoms with Crippen molar-refractivity contribution in [2.24, 2.45) is 0 Å². The Morgan fingerprint density at radius 2 is 2.11 bits per heavy atom. The van der Waals surface area contributed by atoms with Gasteiger partial charge in [0.1, 0.15) is 12.1 Å². The molecule has 0 saturated carbocycles. The molecule has 1 fully saturated rings. The van der Waals surface area contributed by atoms with Crippen LogP contribution in [0.1, 0.15) is 23.4 Å². The van der Waals surface area contributed by atoms with Gasteiger partial charge < -0.3 is 10.0 Å². The van der Waals surface area contributed by atoms with Crippen LogP contribution in [0.4, 0.5) is 5.82 Å². The van der Waals surface area contributed by atoms with Gasteiger partial charge >= 0.3 is 0 Å². The number of fused-ring (bicyclic) bond motifs is 1. The molecule has 3 aromatic heterocycles. The van der Waals surface area contributed by atoms with Gasteiger partial charge in [0.25, 0.3) is 0 Å². The lowest BCUT2D eigenvalue weighted by Gasteiger charge is -2.41. The van der Waals surface area contributed by atoms with E-state index in [0.29, 0.717) is 0 Å². The number of anilines is 1. The van der Waals surface area contributed by atoms with E-state index < -0.39 is 0 Å². The molecule has 1 aliphatic rings. The molecule has 0 aliphatic carbocycles. The van der Waals surface area contributed by atoms with Gasteiger partial charge in [0.2, 0.25) is 0 Å². The van der Waals surface area contributed by atoms with Crippen molar-refractivity contribution in [2.75, 3.05) is 31.1 Å². The predicted molar refractivity (Wildman–Crippen MR) is 109 cm³/mol. The summed E-state index contributed by atoms with van der Waals surface area (Å²) in [5.74, 6) is 1.02. The summed E-state index contributed by atoms with van der Waals surface area (Å²) in [4.78, 5) is 18.5. The monoisotopic (exact) mass is 383 g/mol. The molecule has 1 unspecified atom stereocenters. The van der Waals surface area contributed by atoms with Gasteiger partial charge in [0.15, 0.2) is 0 Å². The zero-order valence-electron chi connectivity index (χ0n) is 15.8. The first-order valence-electron chi connectivity index (χ1n) is 9.37. The Balaban J connectivity index is 1.55. The van der Waals surface area contributed by atoms with E-state index >= 15 is 0 Å². The molecule has 3 aromatic rings. The van der Waals surface area contributed by atoms with E-state index in [1.165, 1.54) is 5.56 Å². The van der Waals surface area contributed by atoms with Crippen molar-refractivity contribution in [1.29, 1.82) is 0 Å². The van der Waals surface area contributed by atoms with E-state index in [0.717, 1.165) is 60.0 Å². The summed E-state index contributed by atoms with van der Waals surface area (Å²) in [7, 11) is 0. The number of aromatic nitrogens is 3. The van der Waals surface area contributed by atoms with Crippen molar-refractivity contribution in [2.45, 2.75) is 32.9 Å². The van der Waals surface area contributed by atoms with Crippen LogP contribution in [-0.4, -0.2) is 57.2 Å². The van der Waals surface area contributed by atoms with Gasteiger partial charge in [0, 0.05) is 44.5 Å². The quantitative estimate of drug-likeness (QED) is 0.731. The summed E-state index contributed by atoms with van der Waals surface area (Å²) in [6, 6.07) is 6.44. The van der Waals surface area contributed by atoms with Gasteiger partial charge in [-0.15, -0.1) is 11.3 Å². The standard InChI is InChI=1S/C20H25N5OS/c1-14-12-27-19-18(14)21-13-22-20(19)25-8-7-24(17(11-25)6-9-26)10-16-5-3-4-15(2)23-16/h3-5,12-13,17,26H,6-11H2,1-2H3. The van der Waals surface area contributed by atoms with Crippen molar-refractivity contribution in [3.63, 3.8) is 0 Å². The lowest BCUT2D eigenvalue weighted by atomic mass is 10.1. The predicted octanol–water partition coefficient (Wildman–Crippen LogP) is 2.78. The maximum absolute atomic E-state index is 9.59. The molecule has 1 atom stereocenters. The molecule has 0 bridgehead atoms. The minimum Gasteiger partial charge on any atom is -0.396 e. The highest BCUT2D eigenvalue weighted by Crippen LogP contribution is 2.32. The normalized spacial score (nSPS) is 18.3. The molecular formula is C20H25N5OS. The van der Waals surface area contributed by atoms with Gasteiger partial charge in [-0.1, -0.05) is 6.07 Å². The average Bonchev–Trinajstić information content (AvgIpc) is 3.05. The van der Waals surface area contributed by atoms with Crippen molar-refractivity contribution in [1.82, 2.24) is 19.9 Å². The van der Waals surface area contributed by atoms with Crippen LogP contribution in [-0.2, 0) is 6.54 Å². The second-order valence-corrected chi connectivity index (χ2v) is 8.03. The summed E-state index contributed by atoms with van der Waals surface area (Å²) in [5.41, 5.74) is 4.38. The highest BCUT2D eigenvalue weighted by atomic mass is 32.1. The fourth-order valence-electron chi connectivity index (χ4n) is 3.79. The minimum absolute atomic E-state index is 0.188. The first-order valence-corrected chi connectivity index (χ1v) is 10.2. The van der Waals surface area contributed by atoms with E-state index in [1.54, 1.807) is 17.7 Å². The highest BCUT2D eigenvalue weighted by molar-refractivity contribution is 7.18. The van der Waals surface area contributed by atoms with Crippen LogP contribution >= 0.6 is 11.3 Å². The molecule has 0 radical (unpaired) electrons. The minimum atomic E-state index is 0.188. The van der Waals surface area contributed by atoms with Crippen molar-refractivity contribution in [3.8, 4) is 0 Å². The highest BCUT2D eigenvalue weighted by Gasteiger charge is 2.29. The number of pyridine rings is 1. The molecule has 7 heteroatoms. The van der Waals surface area contributed by atoms with Crippen LogP contribution in [0.5, 0.6) is 0 Å². The summed E-state index contributed by atoms with van der Waals surface area (Å²) in [6.45, 7) is 7.82. The fraction of sp³-hybridized carbons (Fsp3) is 0.450. The first-order chi connectivity index (χ1) is 13.2. The molecule has 4 rings (SSSR count). The van der Waals surface area contributed by atoms with Gasteiger partial charge in [0.05, 0.1) is 15.9 Å². The largest absolute Gasteiger partial charge is 0.396 e. The molecule has 1 N–H and O–H groups in total. The maximum atomic E-state index is 9.59. The third-order valence-corrected chi connectivity index (χ3v) is 6.27. The zero-order valence-corrected chi connectivity index (χ0v) is 16.6.